The fourth-order valence-electron chi connectivity index (χ4n) is 2.61. The summed E-state index contributed by atoms with van der Waals surface area (Å²) in [7, 11) is 1.58. The maximum absolute atomic E-state index is 13.1. The maximum Gasteiger partial charge on any atom is 0.322 e. The number of methoxy groups -OCH3 is 1. The number of imide groups is 1. The molecule has 0 radical (unpaired) electrons. The Morgan fingerprint density at radius 1 is 1.32 bits per heavy atom. The zero-order valence-electron chi connectivity index (χ0n) is 14.1. The lowest BCUT2D eigenvalue weighted by molar-refractivity contribution is -0.134. The Bertz CT molecular complexity index is 621. The lowest BCUT2D eigenvalue weighted by atomic mass is 10.1. The molecule has 0 saturated carbocycles. The van der Waals surface area contributed by atoms with Gasteiger partial charge in [-0.3, -0.25) is 14.9 Å². The van der Waals surface area contributed by atoms with Crippen LogP contribution in [0.4, 0.5) is 9.18 Å². The second-order valence-electron chi connectivity index (χ2n) is 5.85. The van der Waals surface area contributed by atoms with Gasteiger partial charge in [-0.1, -0.05) is 12.1 Å². The number of hydrogen-bond acceptors (Lipinski definition) is 4. The number of benzene rings is 1. The van der Waals surface area contributed by atoms with Crippen molar-refractivity contribution < 1.29 is 23.5 Å². The van der Waals surface area contributed by atoms with Gasteiger partial charge in [0.1, 0.15) is 11.9 Å². The van der Waals surface area contributed by atoms with Gasteiger partial charge in [-0.25, -0.2) is 9.18 Å². The van der Waals surface area contributed by atoms with Crippen molar-refractivity contribution in [3.05, 3.63) is 35.6 Å². The molecule has 4 amide bonds. The number of amides is 4. The van der Waals surface area contributed by atoms with Crippen LogP contribution in [0.1, 0.15) is 24.8 Å². The summed E-state index contributed by atoms with van der Waals surface area (Å²) in [5.41, 5.74) is 0.779. The topological polar surface area (TPSA) is 87.7 Å². The van der Waals surface area contributed by atoms with E-state index in [1.807, 2.05) is 0 Å². The van der Waals surface area contributed by atoms with Crippen LogP contribution in [-0.2, 0) is 20.9 Å². The Hall–Kier alpha value is -2.48. The van der Waals surface area contributed by atoms with Gasteiger partial charge in [-0.2, -0.15) is 0 Å². The molecule has 1 heterocycles. The molecule has 136 valence electrons. The van der Waals surface area contributed by atoms with E-state index in [0.717, 1.165) is 5.56 Å². The average Bonchev–Trinajstić information content (AvgIpc) is 2.75. The lowest BCUT2D eigenvalue weighted by Crippen LogP contribution is -2.49. The standard InChI is InChI=1S/C17H22FN3O4/c1-25-10-2-9-21(11-12-3-5-13(18)6-4-12)16(23)14-7-8-15(22)20-17(24)19-14/h3-6,14H,2,7-11H2,1H3,(H2,19,20,22,24)/t14-/m0/s1. The van der Waals surface area contributed by atoms with Gasteiger partial charge in [0.2, 0.25) is 11.8 Å². The van der Waals surface area contributed by atoms with Crippen molar-refractivity contribution in [1.82, 2.24) is 15.5 Å². The van der Waals surface area contributed by atoms with E-state index in [9.17, 15) is 18.8 Å². The molecule has 8 heteroatoms. The van der Waals surface area contributed by atoms with Crippen LogP contribution in [0.2, 0.25) is 0 Å². The van der Waals surface area contributed by atoms with Crippen LogP contribution < -0.4 is 10.6 Å². The molecule has 1 saturated heterocycles. The van der Waals surface area contributed by atoms with Gasteiger partial charge < -0.3 is 15.0 Å². The summed E-state index contributed by atoms with van der Waals surface area (Å²) in [4.78, 5) is 37.4. The van der Waals surface area contributed by atoms with Gasteiger partial charge >= 0.3 is 6.03 Å². The molecule has 2 N–H and O–H groups in total. The minimum Gasteiger partial charge on any atom is -0.385 e. The van der Waals surface area contributed by atoms with Crippen LogP contribution >= 0.6 is 0 Å². The number of nitrogens with one attached hydrogen (secondary N) is 2. The summed E-state index contributed by atoms with van der Waals surface area (Å²) in [5.74, 6) is -1.02. The van der Waals surface area contributed by atoms with Crippen molar-refractivity contribution in [2.75, 3.05) is 20.3 Å². The Morgan fingerprint density at radius 3 is 2.72 bits per heavy atom. The minimum absolute atomic E-state index is 0.0948. The number of nitrogens with zero attached hydrogens (tertiary/aromatic N) is 1. The SMILES string of the molecule is COCCCN(Cc1ccc(F)cc1)C(=O)[C@@H]1CCC(=O)NC(=O)N1. The van der Waals surface area contributed by atoms with E-state index in [2.05, 4.69) is 10.6 Å². The van der Waals surface area contributed by atoms with Crippen LogP contribution in [0, 0.1) is 5.82 Å². The van der Waals surface area contributed by atoms with Crippen LogP contribution in [0.5, 0.6) is 0 Å². The highest BCUT2D eigenvalue weighted by Gasteiger charge is 2.29. The van der Waals surface area contributed by atoms with E-state index >= 15 is 0 Å². The molecular formula is C17H22FN3O4. The molecule has 1 aliphatic rings. The molecule has 0 bridgehead atoms. The third-order valence-electron chi connectivity index (χ3n) is 3.89. The highest BCUT2D eigenvalue weighted by molar-refractivity contribution is 5.98. The first-order valence-corrected chi connectivity index (χ1v) is 8.12. The minimum atomic E-state index is -0.769. The van der Waals surface area contributed by atoms with Crippen LogP contribution in [0.25, 0.3) is 0 Å². The Morgan fingerprint density at radius 2 is 2.04 bits per heavy atom. The van der Waals surface area contributed by atoms with E-state index in [4.69, 9.17) is 4.74 Å². The van der Waals surface area contributed by atoms with E-state index in [1.165, 1.54) is 12.1 Å². The molecule has 7 nitrogen and oxygen atoms in total. The molecule has 0 spiro atoms. The lowest BCUT2D eigenvalue weighted by Gasteiger charge is -2.27. The summed E-state index contributed by atoms with van der Waals surface area (Å²) in [6, 6.07) is 4.46. The van der Waals surface area contributed by atoms with Gasteiger partial charge in [0, 0.05) is 33.2 Å². The van der Waals surface area contributed by atoms with Gasteiger partial charge in [-0.15, -0.1) is 0 Å². The number of urea groups is 1. The predicted octanol–water partition coefficient (Wildman–Crippen LogP) is 1.18. The molecule has 1 fully saturated rings. The molecule has 1 aliphatic heterocycles. The summed E-state index contributed by atoms with van der Waals surface area (Å²) < 4.78 is 18.1. The average molecular weight is 351 g/mol. The molecular weight excluding hydrogens is 329 g/mol. The van der Waals surface area contributed by atoms with Crippen LogP contribution in [0.15, 0.2) is 24.3 Å². The summed E-state index contributed by atoms with van der Waals surface area (Å²) in [5, 5.41) is 4.67. The van der Waals surface area contributed by atoms with Crippen molar-refractivity contribution in [3.8, 4) is 0 Å². The smallest absolute Gasteiger partial charge is 0.322 e. The molecule has 1 aromatic rings. The van der Waals surface area contributed by atoms with Crippen LogP contribution in [-0.4, -0.2) is 49.0 Å². The third kappa shape index (κ3) is 5.82. The quantitative estimate of drug-likeness (QED) is 0.722. The maximum atomic E-state index is 13.1. The second-order valence-corrected chi connectivity index (χ2v) is 5.85. The number of carbonyl (C=O) groups excluding carboxylic acids is 3. The Labute approximate surface area is 145 Å². The third-order valence-corrected chi connectivity index (χ3v) is 3.89. The first-order chi connectivity index (χ1) is 12.0. The van der Waals surface area contributed by atoms with E-state index < -0.39 is 18.0 Å². The zero-order chi connectivity index (χ0) is 18.2. The van der Waals surface area contributed by atoms with E-state index in [0.29, 0.717) is 19.6 Å². The van der Waals surface area contributed by atoms with Crippen molar-refractivity contribution in [3.63, 3.8) is 0 Å². The number of carbonyl (C=O) groups is 3. The van der Waals surface area contributed by atoms with Gasteiger partial charge in [0.15, 0.2) is 0 Å². The monoisotopic (exact) mass is 351 g/mol. The van der Waals surface area contributed by atoms with Crippen molar-refractivity contribution in [1.29, 1.82) is 0 Å². The highest BCUT2D eigenvalue weighted by Crippen LogP contribution is 2.12. The second kappa shape index (κ2) is 9.12. The van der Waals surface area contributed by atoms with Crippen molar-refractivity contribution in [2.45, 2.75) is 31.8 Å². The first kappa shape index (κ1) is 18.9. The molecule has 0 aliphatic carbocycles. The zero-order valence-corrected chi connectivity index (χ0v) is 14.1. The normalized spacial score (nSPS) is 17.4. The fourth-order valence-corrected chi connectivity index (χ4v) is 2.61. The highest BCUT2D eigenvalue weighted by atomic mass is 19.1. The van der Waals surface area contributed by atoms with Crippen molar-refractivity contribution >= 4 is 17.8 Å². The largest absolute Gasteiger partial charge is 0.385 e. The number of ether oxygens (including phenoxy) is 1. The summed E-state index contributed by atoms with van der Waals surface area (Å²) >= 11 is 0. The summed E-state index contributed by atoms with van der Waals surface area (Å²) in [6.07, 6.45) is 0.958. The van der Waals surface area contributed by atoms with Crippen LogP contribution in [0.3, 0.4) is 0 Å². The fraction of sp³-hybridized carbons (Fsp3) is 0.471. The molecule has 25 heavy (non-hydrogen) atoms. The Balaban J connectivity index is 2.09. The van der Waals surface area contributed by atoms with Gasteiger partial charge in [0.05, 0.1) is 0 Å². The van der Waals surface area contributed by atoms with Gasteiger partial charge in [-0.05, 0) is 30.5 Å². The first-order valence-electron chi connectivity index (χ1n) is 8.12. The van der Waals surface area contributed by atoms with E-state index in [1.54, 1.807) is 24.1 Å². The molecule has 1 atom stereocenters. The molecule has 2 rings (SSSR count). The molecule has 0 unspecified atom stereocenters. The van der Waals surface area contributed by atoms with Crippen molar-refractivity contribution in [2.24, 2.45) is 0 Å². The molecule has 0 aromatic heterocycles. The van der Waals surface area contributed by atoms with Gasteiger partial charge in [0.25, 0.3) is 0 Å². The summed E-state index contributed by atoms with van der Waals surface area (Å²) in [6.45, 7) is 1.21. The number of halogens is 1. The molecule has 1 aromatic carbocycles. The Kier molecular flexibility index (Phi) is 6.88. The number of hydrogen-bond donors (Lipinski definition) is 2. The predicted molar refractivity (Wildman–Crippen MR) is 88.0 cm³/mol. The number of rotatable bonds is 7. The van der Waals surface area contributed by atoms with E-state index in [-0.39, 0.29) is 31.1 Å².